The number of ether oxygens (including phenoxy) is 1. The van der Waals surface area contributed by atoms with Gasteiger partial charge in [-0.25, -0.2) is 22.6 Å². The molecular weight excluding hydrogens is 430 g/mol. The number of thiophene rings is 1. The second-order valence-electron chi connectivity index (χ2n) is 6.50. The van der Waals surface area contributed by atoms with Crippen LogP contribution in [0.25, 0.3) is 10.8 Å². The van der Waals surface area contributed by atoms with Crippen LogP contribution in [0.3, 0.4) is 0 Å². The van der Waals surface area contributed by atoms with Gasteiger partial charge in [-0.2, -0.15) is 5.10 Å². The van der Waals surface area contributed by atoms with Crippen LogP contribution in [0.4, 0.5) is 0 Å². The molecular formula is C19H19N3O6S2. The van der Waals surface area contributed by atoms with Gasteiger partial charge in [0.15, 0.2) is 12.3 Å². The highest BCUT2D eigenvalue weighted by molar-refractivity contribution is 7.88. The van der Waals surface area contributed by atoms with Gasteiger partial charge in [-0.1, -0.05) is 18.2 Å². The van der Waals surface area contributed by atoms with E-state index in [9.17, 15) is 22.8 Å². The summed E-state index contributed by atoms with van der Waals surface area (Å²) in [6.07, 6.45) is 1.52. The number of rotatable bonds is 8. The lowest BCUT2D eigenvalue weighted by Gasteiger charge is -2.07. The van der Waals surface area contributed by atoms with Gasteiger partial charge < -0.3 is 4.74 Å². The molecule has 1 aromatic carbocycles. The van der Waals surface area contributed by atoms with E-state index in [1.807, 2.05) is 0 Å². The highest BCUT2D eigenvalue weighted by Gasteiger charge is 2.19. The summed E-state index contributed by atoms with van der Waals surface area (Å²) < 4.78 is 30.7. The zero-order valence-corrected chi connectivity index (χ0v) is 17.9. The van der Waals surface area contributed by atoms with Crippen LogP contribution in [-0.2, 0) is 28.2 Å². The smallest absolute Gasteiger partial charge is 0.359 e. The summed E-state index contributed by atoms with van der Waals surface area (Å²) in [6, 6.07) is 9.88. The number of aryl methyl sites for hydroxylation is 1. The minimum Gasteiger partial charge on any atom is -0.452 e. The fourth-order valence-corrected chi connectivity index (χ4v) is 4.15. The minimum absolute atomic E-state index is 0.0424. The van der Waals surface area contributed by atoms with E-state index >= 15 is 0 Å². The number of aromatic nitrogens is 2. The molecule has 0 spiro atoms. The number of esters is 1. The van der Waals surface area contributed by atoms with Crippen molar-refractivity contribution in [3.05, 3.63) is 62.2 Å². The topological polar surface area (TPSA) is 124 Å². The lowest BCUT2D eigenvalue weighted by Crippen LogP contribution is -2.24. The third-order valence-corrected chi connectivity index (χ3v) is 6.07. The van der Waals surface area contributed by atoms with E-state index in [1.54, 1.807) is 36.4 Å². The Bertz CT molecular complexity index is 1280. The van der Waals surface area contributed by atoms with E-state index in [0.29, 0.717) is 22.1 Å². The second kappa shape index (κ2) is 8.86. The molecule has 9 nitrogen and oxygen atoms in total. The Morgan fingerprint density at radius 2 is 1.87 bits per heavy atom. The minimum atomic E-state index is -3.27. The average Bonchev–Trinajstić information content (AvgIpc) is 3.16. The van der Waals surface area contributed by atoms with Crippen LogP contribution < -0.4 is 10.3 Å². The predicted molar refractivity (Wildman–Crippen MR) is 112 cm³/mol. The number of nitrogens with one attached hydrogen (secondary N) is 1. The molecule has 0 saturated heterocycles. The number of carbonyl (C=O) groups excluding carboxylic acids is 2. The number of hydrogen-bond acceptors (Lipinski definition) is 8. The summed E-state index contributed by atoms with van der Waals surface area (Å²) in [5.74, 6) is -1.19. The first-order chi connectivity index (χ1) is 14.2. The summed E-state index contributed by atoms with van der Waals surface area (Å²) in [6.45, 7) is -0.243. The molecule has 158 valence electrons. The first kappa shape index (κ1) is 21.8. The molecule has 2 aromatic heterocycles. The van der Waals surface area contributed by atoms with Gasteiger partial charge >= 0.3 is 5.97 Å². The first-order valence-electron chi connectivity index (χ1n) is 8.85. The molecule has 0 atom stereocenters. The molecule has 0 aliphatic heterocycles. The quantitative estimate of drug-likeness (QED) is 0.404. The zero-order valence-electron chi connectivity index (χ0n) is 16.2. The average molecular weight is 450 g/mol. The van der Waals surface area contributed by atoms with Crippen molar-refractivity contribution >= 4 is 43.9 Å². The lowest BCUT2D eigenvalue weighted by atomic mass is 10.1. The molecule has 0 aliphatic rings. The standard InChI is InChI=1S/C19H19N3O6S2/c1-22-18(24)14-6-4-3-5-13(14)17(21-22)19(25)28-11-15(23)16-8-7-12(29-16)9-10-20-30(2,26)27/h3-8,20H,9-11H2,1-2H3. The van der Waals surface area contributed by atoms with Gasteiger partial charge in [0, 0.05) is 23.9 Å². The van der Waals surface area contributed by atoms with E-state index in [-0.39, 0.29) is 23.6 Å². The molecule has 30 heavy (non-hydrogen) atoms. The van der Waals surface area contributed by atoms with Crippen LogP contribution >= 0.6 is 11.3 Å². The summed E-state index contributed by atoms with van der Waals surface area (Å²) >= 11 is 1.21. The third-order valence-electron chi connectivity index (χ3n) is 4.16. The molecule has 3 aromatic rings. The number of benzene rings is 1. The summed E-state index contributed by atoms with van der Waals surface area (Å²) in [5, 5.41) is 4.66. The van der Waals surface area contributed by atoms with Crippen molar-refractivity contribution < 1.29 is 22.7 Å². The molecule has 0 saturated carbocycles. The number of ketones is 1. The molecule has 0 bridgehead atoms. The van der Waals surface area contributed by atoms with E-state index < -0.39 is 22.6 Å². The fourth-order valence-electron chi connectivity index (χ4n) is 2.74. The Morgan fingerprint density at radius 1 is 1.17 bits per heavy atom. The van der Waals surface area contributed by atoms with Gasteiger partial charge in [-0.15, -0.1) is 11.3 Å². The lowest BCUT2D eigenvalue weighted by molar-refractivity contribution is 0.0470. The molecule has 0 aliphatic carbocycles. The monoisotopic (exact) mass is 449 g/mol. The van der Waals surface area contributed by atoms with E-state index in [2.05, 4.69) is 9.82 Å². The van der Waals surface area contributed by atoms with Crippen LogP contribution in [0.15, 0.2) is 41.2 Å². The maximum atomic E-state index is 12.5. The second-order valence-corrected chi connectivity index (χ2v) is 9.51. The van der Waals surface area contributed by atoms with Crippen molar-refractivity contribution in [2.75, 3.05) is 19.4 Å². The normalized spacial score (nSPS) is 11.5. The Balaban J connectivity index is 1.66. The maximum Gasteiger partial charge on any atom is 0.359 e. The van der Waals surface area contributed by atoms with Gasteiger partial charge in [-0.05, 0) is 24.6 Å². The van der Waals surface area contributed by atoms with Crippen LogP contribution in [0.1, 0.15) is 25.0 Å². The van der Waals surface area contributed by atoms with Gasteiger partial charge in [0.25, 0.3) is 5.56 Å². The van der Waals surface area contributed by atoms with Gasteiger partial charge in [-0.3, -0.25) is 9.59 Å². The molecule has 1 N–H and O–H groups in total. The Morgan fingerprint density at radius 3 is 2.57 bits per heavy atom. The van der Waals surface area contributed by atoms with Gasteiger partial charge in [0.05, 0.1) is 16.5 Å². The molecule has 0 radical (unpaired) electrons. The van der Waals surface area contributed by atoms with E-state index in [4.69, 9.17) is 4.74 Å². The van der Waals surface area contributed by atoms with Crippen molar-refractivity contribution in [3.63, 3.8) is 0 Å². The Hall–Kier alpha value is -2.89. The van der Waals surface area contributed by atoms with Crippen LogP contribution in [0, 0.1) is 0 Å². The number of Topliss-reactive ketones (excluding diaryl/α,β-unsaturated/α-hetero) is 1. The van der Waals surface area contributed by atoms with Gasteiger partial charge in [0.2, 0.25) is 15.8 Å². The summed E-state index contributed by atoms with van der Waals surface area (Å²) in [4.78, 5) is 38.2. The molecule has 0 unspecified atom stereocenters. The number of carbonyl (C=O) groups is 2. The maximum absolute atomic E-state index is 12.5. The van der Waals surface area contributed by atoms with Crippen molar-refractivity contribution in [2.24, 2.45) is 7.05 Å². The molecule has 0 amide bonds. The fraction of sp³-hybridized carbons (Fsp3) is 0.263. The summed E-state index contributed by atoms with van der Waals surface area (Å²) in [5.41, 5.74) is -0.381. The Kier molecular flexibility index (Phi) is 6.44. The number of hydrogen-bond donors (Lipinski definition) is 1. The number of sulfonamides is 1. The number of fused-ring (bicyclic) bond motifs is 1. The zero-order chi connectivity index (χ0) is 21.9. The molecule has 2 heterocycles. The molecule has 11 heteroatoms. The first-order valence-corrected chi connectivity index (χ1v) is 11.6. The van der Waals surface area contributed by atoms with Crippen molar-refractivity contribution in [1.82, 2.24) is 14.5 Å². The highest BCUT2D eigenvalue weighted by atomic mass is 32.2. The van der Waals surface area contributed by atoms with Crippen LogP contribution in [0.5, 0.6) is 0 Å². The van der Waals surface area contributed by atoms with Crippen molar-refractivity contribution in [1.29, 1.82) is 0 Å². The Labute approximate surface area is 176 Å². The molecule has 0 fully saturated rings. The predicted octanol–water partition coefficient (Wildman–Crippen LogP) is 1.13. The van der Waals surface area contributed by atoms with Crippen molar-refractivity contribution in [2.45, 2.75) is 6.42 Å². The van der Waals surface area contributed by atoms with Gasteiger partial charge in [0.1, 0.15) is 0 Å². The third kappa shape index (κ3) is 5.17. The van der Waals surface area contributed by atoms with E-state index in [0.717, 1.165) is 15.8 Å². The summed E-state index contributed by atoms with van der Waals surface area (Å²) in [7, 11) is -1.83. The number of nitrogens with zero attached hydrogens (tertiary/aromatic N) is 2. The SMILES string of the molecule is Cn1nc(C(=O)OCC(=O)c2ccc(CCNS(C)(=O)=O)s2)c2ccccc2c1=O. The highest BCUT2D eigenvalue weighted by Crippen LogP contribution is 2.18. The van der Waals surface area contributed by atoms with E-state index in [1.165, 1.54) is 18.4 Å². The van der Waals surface area contributed by atoms with Crippen molar-refractivity contribution in [3.8, 4) is 0 Å². The van der Waals surface area contributed by atoms with Crippen LogP contribution in [0.2, 0.25) is 0 Å². The van der Waals surface area contributed by atoms with Crippen LogP contribution in [-0.4, -0.2) is 49.4 Å². The molecule has 3 rings (SSSR count). The largest absolute Gasteiger partial charge is 0.452 e.